The molecule has 2 heterocycles. The molecule has 1 atom stereocenters. The van der Waals surface area contributed by atoms with E-state index in [0.29, 0.717) is 6.54 Å². The molecule has 1 saturated heterocycles. The van der Waals surface area contributed by atoms with Crippen LogP contribution in [0.2, 0.25) is 0 Å². The molecule has 4 rings (SSSR count). The standard InChI is InChI=1S/C24H24F2N4OS/c1-16-4-8-20(9-5-16)32-24-22(27-10-11-28-24)30-12-2-3-18(15-30)23(31)29-14-17-6-7-19(25)13-21(17)26/h4-11,13,18H,2-3,12,14-15H2,1H3,(H,29,31)/t18-/m1/s1. The average Bonchev–Trinajstić information content (AvgIpc) is 2.80. The van der Waals surface area contributed by atoms with Crippen LogP contribution in [0.4, 0.5) is 14.6 Å². The highest BCUT2D eigenvalue weighted by Crippen LogP contribution is 2.34. The van der Waals surface area contributed by atoms with Gasteiger partial charge in [0, 0.05) is 48.6 Å². The molecule has 1 aliphatic rings. The Morgan fingerprint density at radius 1 is 1.16 bits per heavy atom. The van der Waals surface area contributed by atoms with Gasteiger partial charge in [-0.15, -0.1) is 0 Å². The average molecular weight is 455 g/mol. The van der Waals surface area contributed by atoms with Crippen molar-refractivity contribution in [3.8, 4) is 0 Å². The maximum Gasteiger partial charge on any atom is 0.225 e. The summed E-state index contributed by atoms with van der Waals surface area (Å²) in [7, 11) is 0. The SMILES string of the molecule is Cc1ccc(Sc2nccnc2N2CCC[C@@H](C(=O)NCc3ccc(F)cc3F)C2)cc1. The van der Waals surface area contributed by atoms with Gasteiger partial charge in [-0.05, 0) is 38.0 Å². The zero-order chi connectivity index (χ0) is 22.5. The lowest BCUT2D eigenvalue weighted by Gasteiger charge is -2.33. The second-order valence-electron chi connectivity index (χ2n) is 7.84. The van der Waals surface area contributed by atoms with E-state index < -0.39 is 11.6 Å². The second kappa shape index (κ2) is 10.1. The summed E-state index contributed by atoms with van der Waals surface area (Å²) >= 11 is 1.55. The molecule has 0 aliphatic carbocycles. The predicted octanol–water partition coefficient (Wildman–Crippen LogP) is 4.75. The predicted molar refractivity (Wildman–Crippen MR) is 120 cm³/mol. The Labute approximate surface area is 190 Å². The van der Waals surface area contributed by atoms with Crippen LogP contribution in [0.15, 0.2) is 64.8 Å². The quantitative estimate of drug-likeness (QED) is 0.583. The van der Waals surface area contributed by atoms with Crippen molar-refractivity contribution >= 4 is 23.5 Å². The molecule has 0 spiro atoms. The zero-order valence-electron chi connectivity index (χ0n) is 17.7. The van der Waals surface area contributed by atoms with Gasteiger partial charge in [-0.1, -0.05) is 35.5 Å². The van der Waals surface area contributed by atoms with E-state index in [1.165, 1.54) is 17.7 Å². The molecule has 1 aliphatic heterocycles. The second-order valence-corrected chi connectivity index (χ2v) is 8.90. The van der Waals surface area contributed by atoms with Crippen LogP contribution >= 0.6 is 11.8 Å². The normalized spacial score (nSPS) is 16.1. The van der Waals surface area contributed by atoms with Gasteiger partial charge in [0.25, 0.3) is 0 Å². The van der Waals surface area contributed by atoms with Crippen LogP contribution in [0.3, 0.4) is 0 Å². The Morgan fingerprint density at radius 2 is 1.94 bits per heavy atom. The summed E-state index contributed by atoms with van der Waals surface area (Å²) < 4.78 is 26.9. The molecule has 32 heavy (non-hydrogen) atoms. The molecule has 2 aromatic carbocycles. The zero-order valence-corrected chi connectivity index (χ0v) is 18.5. The first-order valence-corrected chi connectivity index (χ1v) is 11.3. The highest BCUT2D eigenvalue weighted by molar-refractivity contribution is 7.99. The lowest BCUT2D eigenvalue weighted by molar-refractivity contribution is -0.125. The smallest absolute Gasteiger partial charge is 0.225 e. The number of benzene rings is 2. The first-order chi connectivity index (χ1) is 15.5. The van der Waals surface area contributed by atoms with Crippen molar-refractivity contribution in [1.29, 1.82) is 0 Å². The molecular weight excluding hydrogens is 430 g/mol. The number of carbonyl (C=O) groups is 1. The van der Waals surface area contributed by atoms with Gasteiger partial charge in [-0.3, -0.25) is 4.79 Å². The van der Waals surface area contributed by atoms with Gasteiger partial charge in [-0.25, -0.2) is 18.7 Å². The molecule has 0 unspecified atom stereocenters. The molecule has 166 valence electrons. The van der Waals surface area contributed by atoms with Crippen LogP contribution in [0.5, 0.6) is 0 Å². The van der Waals surface area contributed by atoms with Crippen molar-refractivity contribution in [2.75, 3.05) is 18.0 Å². The van der Waals surface area contributed by atoms with E-state index in [9.17, 15) is 13.6 Å². The van der Waals surface area contributed by atoms with Gasteiger partial charge in [0.2, 0.25) is 5.91 Å². The highest BCUT2D eigenvalue weighted by Gasteiger charge is 2.28. The number of hydrogen-bond donors (Lipinski definition) is 1. The molecule has 3 aromatic rings. The molecule has 0 bridgehead atoms. The number of halogens is 2. The number of piperidine rings is 1. The van der Waals surface area contributed by atoms with E-state index in [1.807, 2.05) is 6.92 Å². The van der Waals surface area contributed by atoms with Crippen LogP contribution in [-0.4, -0.2) is 29.0 Å². The van der Waals surface area contributed by atoms with Crippen molar-refractivity contribution in [1.82, 2.24) is 15.3 Å². The van der Waals surface area contributed by atoms with Crippen molar-refractivity contribution in [2.24, 2.45) is 5.92 Å². The molecular formula is C24H24F2N4OS. The van der Waals surface area contributed by atoms with Gasteiger partial charge < -0.3 is 10.2 Å². The number of carbonyl (C=O) groups excluding carboxylic acids is 1. The summed E-state index contributed by atoms with van der Waals surface area (Å²) in [5, 5.41) is 3.59. The third-order valence-electron chi connectivity index (χ3n) is 5.44. The number of aromatic nitrogens is 2. The molecule has 1 fully saturated rings. The summed E-state index contributed by atoms with van der Waals surface area (Å²) in [5.41, 5.74) is 1.46. The first-order valence-electron chi connectivity index (χ1n) is 10.5. The van der Waals surface area contributed by atoms with Crippen molar-refractivity contribution in [3.05, 3.63) is 77.6 Å². The van der Waals surface area contributed by atoms with E-state index in [4.69, 9.17) is 0 Å². The maximum absolute atomic E-state index is 13.9. The summed E-state index contributed by atoms with van der Waals surface area (Å²) in [6.45, 7) is 3.38. The summed E-state index contributed by atoms with van der Waals surface area (Å²) in [4.78, 5) is 25.0. The maximum atomic E-state index is 13.9. The minimum Gasteiger partial charge on any atom is -0.354 e. The monoisotopic (exact) mass is 454 g/mol. The van der Waals surface area contributed by atoms with Gasteiger partial charge in [0.1, 0.15) is 16.7 Å². The fourth-order valence-electron chi connectivity index (χ4n) is 3.70. The van der Waals surface area contributed by atoms with Crippen LogP contribution in [-0.2, 0) is 11.3 Å². The number of anilines is 1. The summed E-state index contributed by atoms with van der Waals surface area (Å²) in [6, 6.07) is 11.6. The number of rotatable bonds is 6. The summed E-state index contributed by atoms with van der Waals surface area (Å²) in [5.74, 6) is -0.918. The number of hydrogen-bond acceptors (Lipinski definition) is 5. The van der Waals surface area contributed by atoms with Gasteiger partial charge >= 0.3 is 0 Å². The Morgan fingerprint density at radius 3 is 2.72 bits per heavy atom. The minimum absolute atomic E-state index is 0.0289. The Bertz CT molecular complexity index is 1090. The first kappa shape index (κ1) is 22.2. The van der Waals surface area contributed by atoms with Crippen LogP contribution in [0.25, 0.3) is 0 Å². The number of nitrogens with one attached hydrogen (secondary N) is 1. The lowest BCUT2D eigenvalue weighted by atomic mass is 9.97. The van der Waals surface area contributed by atoms with E-state index in [-0.39, 0.29) is 23.9 Å². The number of amides is 1. The molecule has 0 saturated carbocycles. The third kappa shape index (κ3) is 5.43. The lowest BCUT2D eigenvalue weighted by Crippen LogP contribution is -2.43. The fourth-order valence-corrected chi connectivity index (χ4v) is 4.58. The largest absolute Gasteiger partial charge is 0.354 e. The van der Waals surface area contributed by atoms with E-state index in [1.54, 1.807) is 24.2 Å². The van der Waals surface area contributed by atoms with Gasteiger partial charge in [-0.2, -0.15) is 0 Å². The Balaban J connectivity index is 1.42. The number of nitrogens with zero attached hydrogens (tertiary/aromatic N) is 3. The van der Waals surface area contributed by atoms with E-state index in [2.05, 4.69) is 44.5 Å². The van der Waals surface area contributed by atoms with Crippen LogP contribution < -0.4 is 10.2 Å². The fraction of sp³-hybridized carbons (Fsp3) is 0.292. The third-order valence-corrected chi connectivity index (χ3v) is 6.43. The van der Waals surface area contributed by atoms with Crippen molar-refractivity contribution < 1.29 is 13.6 Å². The highest BCUT2D eigenvalue weighted by atomic mass is 32.2. The summed E-state index contributed by atoms with van der Waals surface area (Å²) in [6.07, 6.45) is 4.92. The Hall–Kier alpha value is -3.00. The minimum atomic E-state index is -0.659. The Kier molecular flexibility index (Phi) is 6.99. The van der Waals surface area contributed by atoms with E-state index >= 15 is 0 Å². The molecule has 8 heteroatoms. The van der Waals surface area contributed by atoms with Crippen molar-refractivity contribution in [3.63, 3.8) is 0 Å². The molecule has 0 radical (unpaired) electrons. The van der Waals surface area contributed by atoms with Crippen LogP contribution in [0, 0.1) is 24.5 Å². The molecule has 1 aromatic heterocycles. The topological polar surface area (TPSA) is 58.1 Å². The molecule has 1 amide bonds. The van der Waals surface area contributed by atoms with Gasteiger partial charge in [0.05, 0.1) is 5.92 Å². The molecule has 1 N–H and O–H groups in total. The molecule has 5 nitrogen and oxygen atoms in total. The van der Waals surface area contributed by atoms with Crippen LogP contribution in [0.1, 0.15) is 24.0 Å². The number of aryl methyl sites for hydroxylation is 1. The van der Waals surface area contributed by atoms with Crippen molar-refractivity contribution in [2.45, 2.75) is 36.2 Å². The van der Waals surface area contributed by atoms with E-state index in [0.717, 1.165) is 41.2 Å². The van der Waals surface area contributed by atoms with Gasteiger partial charge in [0.15, 0.2) is 5.82 Å².